The van der Waals surface area contributed by atoms with Gasteiger partial charge in [0, 0.05) is 11.5 Å². The molecule has 0 saturated carbocycles. The molecule has 45 heteroatoms. The fraction of sp³-hybridized carbons (Fsp3) is 0.708. The predicted molar refractivity (Wildman–Crippen MR) is 284 cm³/mol. The number of rotatable bonds is 6. The Balaban J connectivity index is 0.740. The molecule has 45 nitrogen and oxygen atoms in total. The summed E-state index contributed by atoms with van der Waals surface area (Å²) >= 11 is 0. The van der Waals surface area contributed by atoms with Crippen molar-refractivity contribution in [1.82, 2.24) is 137 Å². The van der Waals surface area contributed by atoms with Crippen LogP contribution in [-0.2, 0) is 0 Å². The minimum Gasteiger partial charge on any atom is -0.282 e. The van der Waals surface area contributed by atoms with E-state index in [0.29, 0.717) is 12.8 Å². The Morgan fingerprint density at radius 2 is 0.462 bits per heavy atom. The molecule has 0 radical (unpaired) electrons. The maximum Gasteiger partial charge on any atom is 0.326 e. The Labute approximate surface area is 520 Å². The minimum absolute atomic E-state index is 0.0370. The van der Waals surface area contributed by atoms with Crippen molar-refractivity contribution in [3.63, 3.8) is 0 Å². The second kappa shape index (κ2) is 15.3. The third-order valence-electron chi connectivity index (χ3n) is 24.4. The molecule has 0 aromatic carbocycles. The molecule has 21 saturated heterocycles. The third kappa shape index (κ3) is 4.98. The van der Waals surface area contributed by atoms with Gasteiger partial charge in [0.1, 0.15) is 93.4 Å². The zero-order valence-electron chi connectivity index (χ0n) is 48.9. The van der Waals surface area contributed by atoms with E-state index >= 15 is 67.1 Å². The van der Waals surface area contributed by atoms with E-state index in [0.717, 1.165) is 0 Å². The van der Waals surface area contributed by atoms with Crippen molar-refractivity contribution >= 4 is 84.4 Å². The first-order chi connectivity index (χ1) is 44.8. The molecule has 0 unspecified atom stereocenters. The fourth-order valence-electron chi connectivity index (χ4n) is 20.5. The van der Waals surface area contributed by atoms with E-state index in [9.17, 15) is 0 Å². The fourth-order valence-corrected chi connectivity index (χ4v) is 20.5. The van der Waals surface area contributed by atoms with Gasteiger partial charge >= 0.3 is 84.4 Å². The Bertz CT molecular complexity index is 3700. The lowest BCUT2D eigenvalue weighted by molar-refractivity contribution is -0.120. The normalized spacial score (nSPS) is 39.1. The number of azide groups is 1. The molecule has 21 rings (SSSR count). The maximum atomic E-state index is 16.3. The van der Waals surface area contributed by atoms with Gasteiger partial charge in [-0.2, -0.15) is 0 Å². The average molecular weight is 1290 g/mol. The molecular formula is C48H53N31O14. The number of nitrogens with zero attached hydrogens (tertiary/aromatic N) is 31. The number of hydrogen-bond donors (Lipinski definition) is 0. The summed E-state index contributed by atoms with van der Waals surface area (Å²) in [6, 6.07) is -10.3. The van der Waals surface area contributed by atoms with Crippen molar-refractivity contribution in [3.05, 3.63) is 10.4 Å². The SMILES string of the molecule is C[C@]12N3CN4C(=O)N5CN6C(=O)N7CN8C(=O)N9CN%10C(=O)N%11CN%12C(=O)N%13CN%14C(=O)N%15CN(C3=O)[C@@]1(CCCCCN=[N+]=[N-])N1CN3C(=O)N(CN%16C(=O)N(CN%17C(=O)N(CN%18C(=O)N(CN%19C(=O)N(CN%20C(=O)N(CN2C1=O)[C@H]4[C@@H]%205)[C@H]6[C@@H]%197)[C@H]8[C@@H]%189)[C@H]%10[C@@H]%17%11)[C@H]%12[C@@H]%16%13)[C@H]%14[C@@H]3%15. The van der Waals surface area contributed by atoms with Gasteiger partial charge in [0.25, 0.3) is 0 Å². The summed E-state index contributed by atoms with van der Waals surface area (Å²) in [6.07, 6.45) is -14.2. The second-order valence-electron chi connectivity index (χ2n) is 27.5. The minimum atomic E-state index is -1.87. The van der Waals surface area contributed by atoms with Gasteiger partial charge in [0.05, 0.1) is 0 Å². The number of amides is 28. The predicted octanol–water partition coefficient (Wildman–Crippen LogP) is -3.98. The largest absolute Gasteiger partial charge is 0.326 e. The first-order valence-corrected chi connectivity index (χ1v) is 30.9. The number of unbranched alkanes of at least 4 members (excludes halogenated alkanes) is 2. The lowest BCUT2D eigenvalue weighted by Crippen LogP contribution is -2.72. The van der Waals surface area contributed by atoms with Gasteiger partial charge in [-0.05, 0) is 31.7 Å². The summed E-state index contributed by atoms with van der Waals surface area (Å²) in [7, 11) is 0. The van der Waals surface area contributed by atoms with E-state index in [4.69, 9.17) is 5.53 Å². The van der Waals surface area contributed by atoms with E-state index in [2.05, 4.69) is 10.0 Å². The van der Waals surface area contributed by atoms with Gasteiger partial charge in [0.2, 0.25) is 0 Å². The first-order valence-electron chi connectivity index (χ1n) is 30.9. The molecule has 28 amide bonds. The summed E-state index contributed by atoms with van der Waals surface area (Å²) in [5, 5.41) is 3.70. The van der Waals surface area contributed by atoms with Gasteiger partial charge in [-0.25, -0.2) is 67.1 Å². The van der Waals surface area contributed by atoms with E-state index < -0.39 is 263 Å². The van der Waals surface area contributed by atoms with Crippen LogP contribution in [0.3, 0.4) is 0 Å². The Morgan fingerprint density at radius 3 is 0.656 bits per heavy atom. The molecule has 21 aliphatic heterocycles. The van der Waals surface area contributed by atoms with Crippen molar-refractivity contribution in [3.8, 4) is 0 Å². The summed E-state index contributed by atoms with van der Waals surface area (Å²) in [4.78, 5) is 260. The number of urea groups is 14. The molecule has 0 N–H and O–H groups in total. The van der Waals surface area contributed by atoms with Gasteiger partial charge < -0.3 is 0 Å². The smallest absolute Gasteiger partial charge is 0.282 e. The Morgan fingerprint density at radius 1 is 0.280 bits per heavy atom. The van der Waals surface area contributed by atoms with Crippen LogP contribution in [-0.4, -0.2) is 407 Å². The first kappa shape index (κ1) is 50.8. The average Bonchev–Trinajstić information content (AvgIpc) is 1.49. The zero-order chi connectivity index (χ0) is 63.0. The molecule has 0 atom stereocenters. The molecule has 0 bridgehead atoms. The van der Waals surface area contributed by atoms with Gasteiger partial charge in [-0.1, -0.05) is 11.5 Å². The third-order valence-corrected chi connectivity index (χ3v) is 24.4. The van der Waals surface area contributed by atoms with Crippen LogP contribution in [0.4, 0.5) is 67.1 Å². The highest BCUT2D eigenvalue weighted by molar-refractivity contribution is 5.96. The van der Waals surface area contributed by atoms with Crippen LogP contribution < -0.4 is 0 Å². The molecule has 0 aromatic rings. The highest BCUT2D eigenvalue weighted by atomic mass is 16.3. The molecule has 0 aliphatic carbocycles. The summed E-state index contributed by atoms with van der Waals surface area (Å²) < 4.78 is 0. The molecular weight excluding hydrogens is 1230 g/mol. The van der Waals surface area contributed by atoms with Crippen molar-refractivity contribution < 1.29 is 67.1 Å². The van der Waals surface area contributed by atoms with Crippen LogP contribution in [0.2, 0.25) is 0 Å². The summed E-state index contributed by atoms with van der Waals surface area (Å²) in [5.74, 6) is 0. The van der Waals surface area contributed by atoms with Crippen LogP contribution in [0.5, 0.6) is 0 Å². The molecule has 93 heavy (non-hydrogen) atoms. The lowest BCUT2D eigenvalue weighted by Gasteiger charge is -2.52. The van der Waals surface area contributed by atoms with Crippen molar-refractivity contribution in [2.75, 3.05) is 99.9 Å². The van der Waals surface area contributed by atoms with E-state index in [1.807, 2.05) is 0 Å². The Kier molecular flexibility index (Phi) is 8.38. The summed E-state index contributed by atoms with van der Waals surface area (Å²) in [5.41, 5.74) is 5.43. The van der Waals surface area contributed by atoms with Crippen LogP contribution >= 0.6 is 0 Å². The van der Waals surface area contributed by atoms with Gasteiger partial charge in [-0.15, -0.1) is 0 Å². The Hall–Kier alpha value is -10.9. The standard InChI is InChI=1S/C48H53N31O14/c1-47-48(5-3-2-4-6-50-51-49)78-19-74-32-30-70(43(74)90)15-66-28-26-62(39(66)86)11-58-24-22-54(35(58)82)7-52-21-23-56(33(52)80)9-60-25-27-64(37(60)84)13-68-29-31(72(41(68)88)17-76(47)45(78)92)73-18-77(47)46(93)79(48)20-75(32)44(91)71(30)16-67(28)40(87)63(26)12-59(24)36(83)55(22)8-53(21)34(81)57(23)10-61(25)38(85)65(27)14-69(29)42(73)89/h21-32H,2-20H2,1H3/t21-,22+,23+,24-,25-,26+,27+,28-,29-,30+,31+,32-,47-,48+. The van der Waals surface area contributed by atoms with Crippen molar-refractivity contribution in [1.29, 1.82) is 0 Å². The number of hydrogen-bond acceptors (Lipinski definition) is 15. The van der Waals surface area contributed by atoms with Crippen molar-refractivity contribution in [2.24, 2.45) is 5.11 Å². The highest BCUT2D eigenvalue weighted by Gasteiger charge is 2.82. The van der Waals surface area contributed by atoms with E-state index in [1.54, 1.807) is 6.92 Å². The van der Waals surface area contributed by atoms with Gasteiger partial charge in [-0.3, -0.25) is 137 Å². The van der Waals surface area contributed by atoms with Crippen LogP contribution in [0.25, 0.3) is 10.4 Å². The number of carbonyl (C=O) groups is 14. The molecule has 21 aliphatic rings. The molecule has 21 fully saturated rings. The quantitative estimate of drug-likeness (QED) is 0.106. The topological polar surface area (TPSA) is 378 Å². The van der Waals surface area contributed by atoms with E-state index in [1.165, 1.54) is 137 Å². The van der Waals surface area contributed by atoms with Crippen LogP contribution in [0, 0.1) is 0 Å². The van der Waals surface area contributed by atoms with E-state index in [-0.39, 0.29) is 19.4 Å². The summed E-state index contributed by atoms with van der Waals surface area (Å²) in [6.45, 7) is -5.93. The van der Waals surface area contributed by atoms with Crippen LogP contribution in [0.15, 0.2) is 5.11 Å². The number of carbonyl (C=O) groups excluding carboxylic acids is 14. The monoisotopic (exact) mass is 1290 g/mol. The highest BCUT2D eigenvalue weighted by Crippen LogP contribution is 2.59. The maximum absolute atomic E-state index is 16.3. The lowest BCUT2D eigenvalue weighted by atomic mass is 9.87. The second-order valence-corrected chi connectivity index (χ2v) is 27.5. The molecule has 21 heterocycles. The van der Waals surface area contributed by atoms with Crippen molar-refractivity contribution in [2.45, 2.75) is 118 Å². The van der Waals surface area contributed by atoms with Gasteiger partial charge in [0.15, 0.2) is 85.3 Å². The molecule has 0 spiro atoms. The molecule has 484 valence electrons. The zero-order valence-corrected chi connectivity index (χ0v) is 48.9. The van der Waals surface area contributed by atoms with Crippen LogP contribution in [0.1, 0.15) is 32.6 Å². The molecule has 0 aromatic heterocycles.